The van der Waals surface area contributed by atoms with Gasteiger partial charge in [0.1, 0.15) is 0 Å². The van der Waals surface area contributed by atoms with Gasteiger partial charge in [-0.15, -0.1) is 4.57 Å². The number of nitrogens with zero attached hydrogens (tertiary/aromatic N) is 1. The summed E-state index contributed by atoms with van der Waals surface area (Å²) in [5.74, 6) is -0.933. The molecule has 0 atom stereocenters. The summed E-state index contributed by atoms with van der Waals surface area (Å²) in [5.41, 5.74) is 1.01. The average molecular weight is 282 g/mol. The lowest BCUT2D eigenvalue weighted by molar-refractivity contribution is -0.568. The van der Waals surface area contributed by atoms with Crippen LogP contribution in [0, 0.1) is 0 Å². The van der Waals surface area contributed by atoms with Crippen molar-refractivity contribution in [3.05, 3.63) is 54.3 Å². The third-order valence-corrected chi connectivity index (χ3v) is 2.64. The summed E-state index contributed by atoms with van der Waals surface area (Å²) in [5, 5.41) is 9.81. The van der Waals surface area contributed by atoms with E-state index in [4.69, 9.17) is 0 Å². The van der Waals surface area contributed by atoms with E-state index in [9.17, 15) is 18.3 Å². The van der Waals surface area contributed by atoms with Crippen LogP contribution in [0.2, 0.25) is 0 Å². The van der Waals surface area contributed by atoms with Crippen LogP contribution in [0.3, 0.4) is 0 Å². The summed E-state index contributed by atoms with van der Waals surface area (Å²) in [6.07, 6.45) is -3.44. The Hall–Kier alpha value is -2.46. The van der Waals surface area contributed by atoms with Crippen molar-refractivity contribution < 1.29 is 27.6 Å². The first kappa shape index (κ1) is 14.0. The van der Waals surface area contributed by atoms with E-state index in [1.54, 1.807) is 30.3 Å². The van der Waals surface area contributed by atoms with E-state index in [-0.39, 0.29) is 0 Å². The number of benzene rings is 1. The molecule has 0 saturated heterocycles. The van der Waals surface area contributed by atoms with Crippen LogP contribution in [0.15, 0.2) is 54.3 Å². The summed E-state index contributed by atoms with van der Waals surface area (Å²) < 4.78 is 44.6. The lowest BCUT2D eigenvalue weighted by atomic mass is 10.2. The standard InChI is InChI=1S/C14H10F3NO2/c1-20-13(19)9-12(14(15,16)17)18-8-4-6-10-5-2-3-7-11(10)18/h2-8H,1H3/p+1. The molecule has 2 rings (SSSR count). The zero-order valence-electron chi connectivity index (χ0n) is 10.5. The molecule has 0 aliphatic heterocycles. The second-order valence-corrected chi connectivity index (χ2v) is 3.92. The number of pyridine rings is 1. The van der Waals surface area contributed by atoms with Gasteiger partial charge in [-0.1, -0.05) is 12.1 Å². The van der Waals surface area contributed by atoms with Gasteiger partial charge in [-0.05, 0) is 12.1 Å². The van der Waals surface area contributed by atoms with E-state index in [1.165, 1.54) is 12.3 Å². The third kappa shape index (κ3) is 2.75. The van der Waals surface area contributed by atoms with Crippen LogP contribution < -0.4 is 4.57 Å². The number of hydrogen-bond acceptors (Lipinski definition) is 2. The molecule has 0 amide bonds. The number of aliphatic hydroxyl groups excluding tert-OH is 1. The van der Waals surface area contributed by atoms with Gasteiger partial charge < -0.3 is 9.84 Å². The Kier molecular flexibility index (Phi) is 3.68. The molecule has 0 radical (unpaired) electrons. The molecule has 0 saturated carbocycles. The molecule has 104 valence electrons. The Morgan fingerprint density at radius 2 is 1.85 bits per heavy atom. The molecule has 0 unspecified atom stereocenters. The lowest BCUT2D eigenvalue weighted by Gasteiger charge is -2.06. The minimum Gasteiger partial charge on any atom is -0.475 e. The molecule has 3 nitrogen and oxygen atoms in total. The van der Waals surface area contributed by atoms with Gasteiger partial charge in [-0.3, -0.25) is 0 Å². The first-order valence-electron chi connectivity index (χ1n) is 5.64. The van der Waals surface area contributed by atoms with Crippen LogP contribution in [0.1, 0.15) is 0 Å². The van der Waals surface area contributed by atoms with Crippen molar-refractivity contribution in [2.24, 2.45) is 0 Å². The smallest absolute Gasteiger partial charge is 0.475 e. The number of aliphatic hydroxyl groups is 1. The number of fused-ring (bicyclic) bond motifs is 1. The number of halogens is 3. The summed E-state index contributed by atoms with van der Waals surface area (Å²) in [7, 11) is 1.06. The third-order valence-electron chi connectivity index (χ3n) is 2.64. The minimum absolute atomic E-state index is 0.346. The van der Waals surface area contributed by atoms with Gasteiger partial charge in [0.05, 0.1) is 7.11 Å². The van der Waals surface area contributed by atoms with Gasteiger partial charge in [-0.2, -0.15) is 13.2 Å². The molecule has 0 bridgehead atoms. The van der Waals surface area contributed by atoms with Crippen LogP contribution in [-0.2, 0) is 4.74 Å². The highest BCUT2D eigenvalue weighted by Crippen LogP contribution is 2.26. The Morgan fingerprint density at radius 3 is 2.50 bits per heavy atom. The Morgan fingerprint density at radius 1 is 1.20 bits per heavy atom. The number of aromatic nitrogens is 1. The highest BCUT2D eigenvalue weighted by molar-refractivity contribution is 5.76. The summed E-state index contributed by atoms with van der Waals surface area (Å²) in [4.78, 5) is 0. The van der Waals surface area contributed by atoms with E-state index in [1.807, 2.05) is 5.73 Å². The van der Waals surface area contributed by atoms with E-state index in [0.29, 0.717) is 10.9 Å². The van der Waals surface area contributed by atoms with E-state index in [2.05, 4.69) is 4.74 Å². The predicted molar refractivity (Wildman–Crippen MR) is 66.6 cm³/mol. The number of para-hydroxylation sites is 1. The van der Waals surface area contributed by atoms with Crippen molar-refractivity contribution in [2.45, 2.75) is 6.18 Å². The van der Waals surface area contributed by atoms with E-state index >= 15 is 0 Å². The lowest BCUT2D eigenvalue weighted by Crippen LogP contribution is -2.39. The molecule has 0 spiro atoms. The maximum Gasteiger partial charge on any atom is 0.486 e. The molecule has 0 aliphatic rings. The SMILES string of the molecule is COC(O)=C=C([n+]1cccc2ccccc21)C(F)(F)F. The Balaban J connectivity index is 2.81. The average Bonchev–Trinajstić information content (AvgIpc) is 2.43. The number of alkyl halides is 3. The topological polar surface area (TPSA) is 33.3 Å². The van der Waals surface area contributed by atoms with Crippen LogP contribution in [0.4, 0.5) is 13.2 Å². The first-order valence-corrected chi connectivity index (χ1v) is 5.64. The Bertz CT molecular complexity index is 696. The van der Waals surface area contributed by atoms with Crippen molar-refractivity contribution in [3.8, 4) is 0 Å². The number of hydrogen-bond donors (Lipinski definition) is 1. The fourth-order valence-corrected chi connectivity index (χ4v) is 1.78. The number of rotatable bonds is 2. The molecular formula is C14H11F3NO2+. The summed E-state index contributed by atoms with van der Waals surface area (Å²) >= 11 is 0. The molecule has 0 fully saturated rings. The van der Waals surface area contributed by atoms with Gasteiger partial charge in [-0.25, -0.2) is 0 Å². The number of allylic oxidation sites excluding steroid dienone is 1. The maximum atomic E-state index is 13.1. The second kappa shape index (κ2) is 5.27. The van der Waals surface area contributed by atoms with Crippen LogP contribution in [-0.4, -0.2) is 18.4 Å². The van der Waals surface area contributed by atoms with Crippen LogP contribution in [0.5, 0.6) is 0 Å². The summed E-state index contributed by atoms with van der Waals surface area (Å²) in [6.45, 7) is 0. The molecule has 1 heterocycles. The van der Waals surface area contributed by atoms with Gasteiger partial charge in [0.15, 0.2) is 6.20 Å². The molecule has 0 aliphatic carbocycles. The quantitative estimate of drug-likeness (QED) is 0.521. The monoisotopic (exact) mass is 282 g/mol. The molecule has 1 aromatic carbocycles. The fourth-order valence-electron chi connectivity index (χ4n) is 1.78. The minimum atomic E-state index is -4.69. The molecular weight excluding hydrogens is 271 g/mol. The number of methoxy groups -OCH3 is 1. The summed E-state index contributed by atoms with van der Waals surface area (Å²) in [6, 6.07) is 9.78. The largest absolute Gasteiger partial charge is 0.486 e. The molecule has 20 heavy (non-hydrogen) atoms. The predicted octanol–water partition coefficient (Wildman–Crippen LogP) is 3.18. The second-order valence-electron chi connectivity index (χ2n) is 3.92. The first-order chi connectivity index (χ1) is 9.43. The molecule has 2 aromatic rings. The van der Waals surface area contributed by atoms with Crippen molar-refractivity contribution >= 4 is 16.6 Å². The van der Waals surface area contributed by atoms with Gasteiger partial charge in [0, 0.05) is 23.3 Å². The van der Waals surface area contributed by atoms with Crippen molar-refractivity contribution in [1.29, 1.82) is 0 Å². The zero-order chi connectivity index (χ0) is 14.8. The number of ether oxygens (including phenoxy) is 1. The molecule has 1 aromatic heterocycles. The van der Waals surface area contributed by atoms with Crippen molar-refractivity contribution in [3.63, 3.8) is 0 Å². The molecule has 6 heteroatoms. The highest BCUT2D eigenvalue weighted by atomic mass is 19.4. The van der Waals surface area contributed by atoms with Crippen molar-refractivity contribution in [1.82, 2.24) is 0 Å². The highest BCUT2D eigenvalue weighted by Gasteiger charge is 2.44. The normalized spacial score (nSPS) is 11.0. The fraction of sp³-hybridized carbons (Fsp3) is 0.143. The zero-order valence-corrected chi connectivity index (χ0v) is 10.5. The molecule has 1 N–H and O–H groups in total. The van der Waals surface area contributed by atoms with Crippen LogP contribution in [0.25, 0.3) is 16.6 Å². The van der Waals surface area contributed by atoms with Crippen LogP contribution >= 0.6 is 0 Å². The van der Waals surface area contributed by atoms with E-state index in [0.717, 1.165) is 11.7 Å². The van der Waals surface area contributed by atoms with Gasteiger partial charge in [0.25, 0.3) is 0 Å². The van der Waals surface area contributed by atoms with E-state index < -0.39 is 17.8 Å². The van der Waals surface area contributed by atoms with Gasteiger partial charge in [0.2, 0.25) is 5.52 Å². The van der Waals surface area contributed by atoms with Gasteiger partial charge >= 0.3 is 17.8 Å². The Labute approximate surface area is 112 Å². The van der Waals surface area contributed by atoms with Crippen molar-refractivity contribution in [2.75, 3.05) is 7.11 Å². The maximum absolute atomic E-state index is 13.1.